The molecule has 1 atom stereocenters. The number of anilines is 1. The molecule has 24 heavy (non-hydrogen) atoms. The van der Waals surface area contributed by atoms with Crippen molar-refractivity contribution >= 4 is 11.7 Å². The quantitative estimate of drug-likeness (QED) is 0.583. The third kappa shape index (κ3) is 4.28. The first-order valence-corrected chi connectivity index (χ1v) is 7.53. The van der Waals surface area contributed by atoms with Crippen LogP contribution in [0.3, 0.4) is 0 Å². The maximum absolute atomic E-state index is 12.9. The van der Waals surface area contributed by atoms with Gasteiger partial charge >= 0.3 is 12.1 Å². The maximum atomic E-state index is 12.9. The summed E-state index contributed by atoms with van der Waals surface area (Å²) in [5.41, 5.74) is 0.00479. The van der Waals surface area contributed by atoms with Gasteiger partial charge < -0.3 is 9.64 Å². The fourth-order valence-electron chi connectivity index (χ4n) is 2.37. The topological polar surface area (TPSA) is 29.5 Å². The van der Waals surface area contributed by atoms with Crippen LogP contribution in [0.1, 0.15) is 29.8 Å². The van der Waals surface area contributed by atoms with Crippen LogP contribution in [0.5, 0.6) is 0 Å². The van der Waals surface area contributed by atoms with Crippen molar-refractivity contribution < 1.29 is 22.7 Å². The van der Waals surface area contributed by atoms with Crippen LogP contribution in [0.15, 0.2) is 54.6 Å². The summed E-state index contributed by atoms with van der Waals surface area (Å²) < 4.78 is 44.0. The molecule has 0 saturated heterocycles. The molecular weight excluding hydrogens is 319 g/mol. The van der Waals surface area contributed by atoms with Crippen molar-refractivity contribution in [2.24, 2.45) is 0 Å². The molecule has 2 aromatic rings. The van der Waals surface area contributed by atoms with Crippen LogP contribution >= 0.6 is 0 Å². The molecule has 1 unspecified atom stereocenters. The van der Waals surface area contributed by atoms with E-state index in [0.717, 1.165) is 12.1 Å². The molecule has 0 fully saturated rings. The smallest absolute Gasteiger partial charge is 0.416 e. The maximum Gasteiger partial charge on any atom is 0.416 e. The third-order valence-electron chi connectivity index (χ3n) is 3.57. The molecule has 0 heterocycles. The van der Waals surface area contributed by atoms with E-state index in [4.69, 9.17) is 4.74 Å². The van der Waals surface area contributed by atoms with Crippen LogP contribution in [0.4, 0.5) is 18.9 Å². The Labute approximate surface area is 138 Å². The van der Waals surface area contributed by atoms with Gasteiger partial charge in [-0.05, 0) is 44.2 Å². The number of alkyl halides is 3. The molecule has 0 aliphatic heterocycles. The Balaban J connectivity index is 2.17. The minimum atomic E-state index is -4.42. The van der Waals surface area contributed by atoms with Gasteiger partial charge in [0.1, 0.15) is 0 Å². The Kier molecular flexibility index (Phi) is 5.49. The Morgan fingerprint density at radius 1 is 1.12 bits per heavy atom. The number of carbonyl (C=O) groups excluding carboxylic acids is 1. The number of esters is 1. The average Bonchev–Trinajstić information content (AvgIpc) is 2.56. The Bertz CT molecular complexity index is 686. The van der Waals surface area contributed by atoms with Crippen LogP contribution in [0, 0.1) is 0 Å². The van der Waals surface area contributed by atoms with Crippen LogP contribution in [-0.4, -0.2) is 18.7 Å². The van der Waals surface area contributed by atoms with Crippen LogP contribution < -0.4 is 4.90 Å². The van der Waals surface area contributed by atoms with Gasteiger partial charge in [0.25, 0.3) is 0 Å². The van der Waals surface area contributed by atoms with Gasteiger partial charge in [-0.15, -0.1) is 0 Å². The first-order valence-electron chi connectivity index (χ1n) is 7.53. The fraction of sp³-hybridized carbons (Fsp3) is 0.278. The van der Waals surface area contributed by atoms with E-state index in [9.17, 15) is 18.0 Å². The first-order chi connectivity index (χ1) is 11.3. The summed E-state index contributed by atoms with van der Waals surface area (Å²) >= 11 is 0. The van der Waals surface area contributed by atoms with Gasteiger partial charge in [-0.3, -0.25) is 0 Å². The zero-order valence-corrected chi connectivity index (χ0v) is 13.4. The first kappa shape index (κ1) is 17.8. The summed E-state index contributed by atoms with van der Waals surface area (Å²) in [6.07, 6.45) is -5.12. The number of rotatable bonds is 5. The summed E-state index contributed by atoms with van der Waals surface area (Å²) in [7, 11) is 0. The van der Waals surface area contributed by atoms with Gasteiger partial charge in [0.2, 0.25) is 0 Å². The van der Waals surface area contributed by atoms with Gasteiger partial charge in [-0.25, -0.2) is 4.79 Å². The molecule has 6 heteroatoms. The Morgan fingerprint density at radius 2 is 1.79 bits per heavy atom. The van der Waals surface area contributed by atoms with Crippen molar-refractivity contribution in [3.63, 3.8) is 0 Å². The van der Waals surface area contributed by atoms with E-state index in [0.29, 0.717) is 17.8 Å². The number of carbonyl (C=O) groups is 1. The molecule has 0 aromatic heterocycles. The van der Waals surface area contributed by atoms with Crippen molar-refractivity contribution in [1.29, 1.82) is 0 Å². The molecule has 0 spiro atoms. The van der Waals surface area contributed by atoms with Crippen molar-refractivity contribution in [3.8, 4) is 0 Å². The van der Waals surface area contributed by atoms with Gasteiger partial charge in [-0.2, -0.15) is 13.2 Å². The lowest BCUT2D eigenvalue weighted by atomic mass is 10.1. The minimum absolute atomic E-state index is 0.348. The molecule has 0 aliphatic rings. The monoisotopic (exact) mass is 337 g/mol. The van der Waals surface area contributed by atoms with Crippen molar-refractivity contribution in [3.05, 3.63) is 65.7 Å². The number of benzene rings is 2. The summed E-state index contributed by atoms with van der Waals surface area (Å²) in [6, 6.07) is 13.4. The van der Waals surface area contributed by atoms with E-state index in [2.05, 4.69) is 0 Å². The van der Waals surface area contributed by atoms with Crippen LogP contribution in [-0.2, 0) is 10.9 Å². The lowest BCUT2D eigenvalue weighted by molar-refractivity contribution is -0.137. The lowest BCUT2D eigenvalue weighted by Gasteiger charge is -2.30. The molecule has 0 radical (unpaired) electrons. The normalized spacial score (nSPS) is 12.5. The molecule has 128 valence electrons. The highest BCUT2D eigenvalue weighted by molar-refractivity contribution is 5.89. The highest BCUT2D eigenvalue weighted by Gasteiger charge is 2.31. The highest BCUT2D eigenvalue weighted by Crippen LogP contribution is 2.32. The molecule has 0 saturated carbocycles. The van der Waals surface area contributed by atoms with E-state index >= 15 is 0 Å². The van der Waals surface area contributed by atoms with E-state index in [1.54, 1.807) is 55.1 Å². The molecule has 0 N–H and O–H groups in total. The number of hydrogen-bond donors (Lipinski definition) is 0. The number of nitrogens with zero attached hydrogens (tertiary/aromatic N) is 1. The molecule has 2 rings (SSSR count). The molecule has 2 aromatic carbocycles. The van der Waals surface area contributed by atoms with Crippen LogP contribution in [0.2, 0.25) is 0 Å². The van der Waals surface area contributed by atoms with Crippen molar-refractivity contribution in [2.75, 3.05) is 11.4 Å². The molecule has 0 bridgehead atoms. The Morgan fingerprint density at radius 3 is 2.38 bits per heavy atom. The largest absolute Gasteiger partial charge is 0.438 e. The summed E-state index contributed by atoms with van der Waals surface area (Å²) in [5.74, 6) is -0.520. The SMILES string of the molecule is CCN(c1cccc(C(F)(F)F)c1)C(C)OC(=O)c1ccccc1. The second kappa shape index (κ2) is 7.38. The summed E-state index contributed by atoms with van der Waals surface area (Å²) in [6.45, 7) is 3.81. The van der Waals surface area contributed by atoms with Gasteiger partial charge in [0.15, 0.2) is 6.23 Å². The van der Waals surface area contributed by atoms with Crippen molar-refractivity contribution in [2.45, 2.75) is 26.3 Å². The second-order valence-electron chi connectivity index (χ2n) is 5.20. The number of ether oxygens (including phenoxy) is 1. The number of halogens is 3. The van der Waals surface area contributed by atoms with Gasteiger partial charge in [0.05, 0.1) is 11.1 Å². The van der Waals surface area contributed by atoms with Gasteiger partial charge in [0, 0.05) is 12.2 Å². The number of hydrogen-bond acceptors (Lipinski definition) is 3. The third-order valence-corrected chi connectivity index (χ3v) is 3.57. The summed E-state index contributed by atoms with van der Waals surface area (Å²) in [4.78, 5) is 13.7. The zero-order valence-electron chi connectivity index (χ0n) is 13.4. The van der Waals surface area contributed by atoms with Crippen LogP contribution in [0.25, 0.3) is 0 Å². The molecule has 3 nitrogen and oxygen atoms in total. The lowest BCUT2D eigenvalue weighted by Crippen LogP contribution is -2.36. The second-order valence-corrected chi connectivity index (χ2v) is 5.20. The van der Waals surface area contributed by atoms with Gasteiger partial charge in [-0.1, -0.05) is 24.3 Å². The predicted molar refractivity (Wildman–Crippen MR) is 85.8 cm³/mol. The molecule has 0 amide bonds. The van der Waals surface area contributed by atoms with Crippen molar-refractivity contribution in [1.82, 2.24) is 0 Å². The Hall–Kier alpha value is -2.50. The standard InChI is InChI=1S/C18H18F3NO2/c1-3-22(16-11-7-10-15(12-16)18(19,20)21)13(2)24-17(23)14-8-5-4-6-9-14/h4-13H,3H2,1-2H3. The molecule has 0 aliphatic carbocycles. The highest BCUT2D eigenvalue weighted by atomic mass is 19.4. The minimum Gasteiger partial charge on any atom is -0.438 e. The fourth-order valence-corrected chi connectivity index (χ4v) is 2.37. The zero-order chi connectivity index (χ0) is 17.7. The van der Waals surface area contributed by atoms with E-state index in [1.165, 1.54) is 6.07 Å². The van der Waals surface area contributed by atoms with E-state index in [-0.39, 0.29) is 0 Å². The summed E-state index contributed by atoms with van der Waals surface area (Å²) in [5, 5.41) is 0. The average molecular weight is 337 g/mol. The molecular formula is C18H18F3NO2. The van der Waals surface area contributed by atoms with E-state index < -0.39 is 23.9 Å². The predicted octanol–water partition coefficient (Wildman–Crippen LogP) is 4.73. The van der Waals surface area contributed by atoms with E-state index in [1.807, 2.05) is 0 Å².